The minimum Gasteiger partial charge on any atom is -0.368 e. The van der Waals surface area contributed by atoms with Gasteiger partial charge in [0, 0.05) is 25.2 Å². The van der Waals surface area contributed by atoms with E-state index >= 15 is 0 Å². The first-order valence-electron chi connectivity index (χ1n) is 12.2. The molecule has 1 aromatic heterocycles. The molecule has 33 heavy (non-hydrogen) atoms. The first-order valence-corrected chi connectivity index (χ1v) is 12.2. The molecule has 0 bridgehead atoms. The summed E-state index contributed by atoms with van der Waals surface area (Å²) in [6.45, 7) is 8.09. The van der Waals surface area contributed by atoms with E-state index in [4.69, 9.17) is 5.73 Å². The van der Waals surface area contributed by atoms with Gasteiger partial charge in [-0.05, 0) is 81.7 Å². The van der Waals surface area contributed by atoms with Crippen LogP contribution in [-0.4, -0.2) is 33.0 Å². The molecule has 3 aromatic rings. The third-order valence-corrected chi connectivity index (χ3v) is 7.83. The first-order chi connectivity index (χ1) is 15.9. The molecule has 5 rings (SSSR count). The Morgan fingerprint density at radius 2 is 1.76 bits per heavy atom. The van der Waals surface area contributed by atoms with Crippen molar-refractivity contribution in [3.63, 3.8) is 0 Å². The van der Waals surface area contributed by atoms with E-state index in [1.165, 1.54) is 36.0 Å². The molecule has 2 unspecified atom stereocenters. The van der Waals surface area contributed by atoms with Gasteiger partial charge in [0.1, 0.15) is 6.04 Å². The number of para-hydroxylation sites is 2. The molecule has 1 aliphatic carbocycles. The highest BCUT2D eigenvalue weighted by Gasteiger charge is 2.32. The molecule has 2 aliphatic rings. The van der Waals surface area contributed by atoms with Gasteiger partial charge in [-0.3, -0.25) is 18.8 Å². The highest BCUT2D eigenvalue weighted by atomic mass is 16.2. The van der Waals surface area contributed by atoms with Crippen molar-refractivity contribution in [1.29, 1.82) is 0 Å². The lowest BCUT2D eigenvalue weighted by Gasteiger charge is -2.41. The second kappa shape index (κ2) is 8.49. The topological polar surface area (TPSA) is 73.3 Å². The molecule has 2 aromatic carbocycles. The zero-order valence-corrected chi connectivity index (χ0v) is 19.9. The Morgan fingerprint density at radius 3 is 2.45 bits per heavy atom. The number of hydrogen-bond donors (Lipinski definition) is 1. The molecule has 0 spiro atoms. The Bertz CT molecular complexity index is 1260. The van der Waals surface area contributed by atoms with Crippen molar-refractivity contribution in [3.05, 3.63) is 69.1 Å². The van der Waals surface area contributed by atoms with E-state index in [9.17, 15) is 9.59 Å². The number of likely N-dealkylation sites (tertiary alicyclic amines) is 1. The summed E-state index contributed by atoms with van der Waals surface area (Å²) in [4.78, 5) is 28.0. The molecule has 1 amide bonds. The SMILES string of the molecule is Cc1cc(C)c2c(c1)C(N1CCC(n3c(=O)n(C(C)C(N)=O)c4ccccc43)CC1)CCC2. The van der Waals surface area contributed by atoms with Gasteiger partial charge in [0.05, 0.1) is 11.0 Å². The van der Waals surface area contributed by atoms with Crippen LogP contribution in [0.3, 0.4) is 0 Å². The van der Waals surface area contributed by atoms with Crippen LogP contribution in [0.15, 0.2) is 41.2 Å². The van der Waals surface area contributed by atoms with Crippen molar-refractivity contribution in [1.82, 2.24) is 14.0 Å². The van der Waals surface area contributed by atoms with E-state index in [1.54, 1.807) is 17.1 Å². The highest BCUT2D eigenvalue weighted by Crippen LogP contribution is 2.39. The molecule has 174 valence electrons. The number of carbonyl (C=O) groups excluding carboxylic acids is 1. The summed E-state index contributed by atoms with van der Waals surface area (Å²) < 4.78 is 3.47. The average molecular weight is 447 g/mol. The third-order valence-electron chi connectivity index (χ3n) is 7.83. The van der Waals surface area contributed by atoms with Crippen molar-refractivity contribution in [3.8, 4) is 0 Å². The van der Waals surface area contributed by atoms with Crippen LogP contribution in [0.1, 0.15) is 73.0 Å². The Morgan fingerprint density at radius 1 is 1.06 bits per heavy atom. The number of carbonyl (C=O) groups is 1. The minimum atomic E-state index is -0.672. The van der Waals surface area contributed by atoms with Gasteiger partial charge in [0.15, 0.2) is 0 Å². The van der Waals surface area contributed by atoms with E-state index in [-0.39, 0.29) is 11.7 Å². The van der Waals surface area contributed by atoms with Gasteiger partial charge in [-0.25, -0.2) is 4.79 Å². The number of benzene rings is 2. The smallest absolute Gasteiger partial charge is 0.330 e. The van der Waals surface area contributed by atoms with Gasteiger partial charge < -0.3 is 5.73 Å². The minimum absolute atomic E-state index is 0.127. The largest absolute Gasteiger partial charge is 0.368 e. The predicted molar refractivity (Wildman–Crippen MR) is 132 cm³/mol. The zero-order chi connectivity index (χ0) is 23.3. The van der Waals surface area contributed by atoms with Crippen LogP contribution in [0.5, 0.6) is 0 Å². The number of primary amides is 1. The molecule has 0 saturated carbocycles. The Balaban J connectivity index is 1.43. The summed E-state index contributed by atoms with van der Waals surface area (Å²) in [5.74, 6) is -0.489. The van der Waals surface area contributed by atoms with Crippen molar-refractivity contribution in [2.45, 2.75) is 71.0 Å². The van der Waals surface area contributed by atoms with Gasteiger partial charge in [-0.2, -0.15) is 0 Å². The van der Waals surface area contributed by atoms with Crippen molar-refractivity contribution >= 4 is 16.9 Å². The fourth-order valence-electron chi connectivity index (χ4n) is 6.18. The lowest BCUT2D eigenvalue weighted by molar-refractivity contribution is -0.120. The molecule has 2 atom stereocenters. The van der Waals surface area contributed by atoms with E-state index in [1.807, 2.05) is 28.8 Å². The number of nitrogens with two attached hydrogens (primary N) is 1. The second-order valence-corrected chi connectivity index (χ2v) is 9.91. The predicted octanol–water partition coefficient (Wildman–Crippen LogP) is 4.18. The molecule has 0 radical (unpaired) electrons. The standard InChI is InChI=1S/C27H34N4O2/c1-17-15-18(2)21-7-6-10-23(22(21)16-17)29-13-11-20(12-14-29)31-25-9-5-4-8-24(25)30(27(31)33)19(3)26(28)32/h4-5,8-9,15-16,19-20,23H,6-7,10-14H2,1-3H3,(H2,28,32). The molecule has 1 aliphatic heterocycles. The number of aromatic nitrogens is 2. The summed E-state index contributed by atoms with van der Waals surface area (Å²) in [5.41, 5.74) is 12.9. The summed E-state index contributed by atoms with van der Waals surface area (Å²) >= 11 is 0. The number of imidazole rings is 1. The maximum atomic E-state index is 13.5. The van der Waals surface area contributed by atoms with Gasteiger partial charge >= 0.3 is 5.69 Å². The molecule has 1 fully saturated rings. The summed E-state index contributed by atoms with van der Waals surface area (Å²) in [6.07, 6.45) is 5.47. The Hall–Kier alpha value is -2.86. The number of piperidine rings is 1. The number of hydrogen-bond acceptors (Lipinski definition) is 3. The maximum absolute atomic E-state index is 13.5. The summed E-state index contributed by atoms with van der Waals surface area (Å²) in [5, 5.41) is 0. The molecule has 2 N–H and O–H groups in total. The number of amides is 1. The molecular weight excluding hydrogens is 412 g/mol. The van der Waals surface area contributed by atoms with Crippen LogP contribution in [0.2, 0.25) is 0 Å². The monoisotopic (exact) mass is 446 g/mol. The quantitative estimate of drug-likeness (QED) is 0.653. The van der Waals surface area contributed by atoms with Crippen molar-refractivity contribution in [2.24, 2.45) is 5.73 Å². The average Bonchev–Trinajstić information content (AvgIpc) is 3.10. The van der Waals surface area contributed by atoms with Gasteiger partial charge in [0.2, 0.25) is 5.91 Å². The lowest BCUT2D eigenvalue weighted by atomic mass is 9.82. The molecular formula is C27H34N4O2. The van der Waals surface area contributed by atoms with Gasteiger partial charge in [0.25, 0.3) is 0 Å². The fourth-order valence-corrected chi connectivity index (χ4v) is 6.18. The summed E-state index contributed by atoms with van der Waals surface area (Å²) in [6, 6.07) is 12.4. The number of aryl methyl sites for hydroxylation is 2. The third kappa shape index (κ3) is 3.70. The number of nitrogens with zero attached hydrogens (tertiary/aromatic N) is 3. The maximum Gasteiger partial charge on any atom is 0.330 e. The fraction of sp³-hybridized carbons (Fsp3) is 0.481. The summed E-state index contributed by atoms with van der Waals surface area (Å²) in [7, 11) is 0. The van der Waals surface area contributed by atoms with Crippen LogP contribution in [0.4, 0.5) is 0 Å². The van der Waals surface area contributed by atoms with Crippen LogP contribution < -0.4 is 11.4 Å². The van der Waals surface area contributed by atoms with Crippen LogP contribution >= 0.6 is 0 Å². The van der Waals surface area contributed by atoms with E-state index in [0.717, 1.165) is 37.0 Å². The number of fused-ring (bicyclic) bond motifs is 2. The first kappa shape index (κ1) is 22.0. The Labute approximate surface area is 195 Å². The van der Waals surface area contributed by atoms with Crippen molar-refractivity contribution < 1.29 is 4.79 Å². The number of rotatable bonds is 4. The Kier molecular flexibility index (Phi) is 5.65. The van der Waals surface area contributed by atoms with Crippen LogP contribution in [0.25, 0.3) is 11.0 Å². The van der Waals surface area contributed by atoms with E-state index < -0.39 is 11.9 Å². The highest BCUT2D eigenvalue weighted by molar-refractivity contribution is 5.82. The zero-order valence-electron chi connectivity index (χ0n) is 19.9. The lowest BCUT2D eigenvalue weighted by Crippen LogP contribution is -2.41. The molecule has 6 heteroatoms. The van der Waals surface area contributed by atoms with Crippen LogP contribution in [-0.2, 0) is 11.2 Å². The van der Waals surface area contributed by atoms with E-state index in [2.05, 4.69) is 30.9 Å². The molecule has 1 saturated heterocycles. The molecule has 6 nitrogen and oxygen atoms in total. The van der Waals surface area contributed by atoms with Crippen LogP contribution in [0, 0.1) is 13.8 Å². The molecule has 2 heterocycles. The van der Waals surface area contributed by atoms with Gasteiger partial charge in [-0.15, -0.1) is 0 Å². The second-order valence-electron chi connectivity index (χ2n) is 9.91. The van der Waals surface area contributed by atoms with E-state index in [0.29, 0.717) is 6.04 Å². The van der Waals surface area contributed by atoms with Crippen molar-refractivity contribution in [2.75, 3.05) is 13.1 Å². The van der Waals surface area contributed by atoms with Gasteiger partial charge in [-0.1, -0.05) is 29.8 Å². The normalized spacial score (nSPS) is 20.6.